The van der Waals surface area contributed by atoms with Gasteiger partial charge in [-0.3, -0.25) is 0 Å². The minimum Gasteiger partial charge on any atom is -0.478 e. The van der Waals surface area contributed by atoms with E-state index in [0.29, 0.717) is 0 Å². The van der Waals surface area contributed by atoms with Crippen molar-refractivity contribution < 1.29 is 28.2 Å². The van der Waals surface area contributed by atoms with Gasteiger partial charge in [-0.1, -0.05) is 24.3 Å². The van der Waals surface area contributed by atoms with E-state index < -0.39 is 42.7 Å². The van der Waals surface area contributed by atoms with Crippen molar-refractivity contribution in [1.29, 1.82) is 0 Å². The number of benzene rings is 2. The van der Waals surface area contributed by atoms with Gasteiger partial charge in [0, 0.05) is 0 Å². The molecule has 0 aliphatic heterocycles. The molecule has 2 rings (SSSR count). The van der Waals surface area contributed by atoms with E-state index in [2.05, 4.69) is 0 Å². The van der Waals surface area contributed by atoms with Gasteiger partial charge in [0.2, 0.25) is 9.84 Å². The second-order valence-electron chi connectivity index (χ2n) is 4.11. The van der Waals surface area contributed by atoms with Gasteiger partial charge in [0.1, 0.15) is 0 Å². The summed E-state index contributed by atoms with van der Waals surface area (Å²) in [7, 11) is -4.25. The van der Waals surface area contributed by atoms with Gasteiger partial charge in [-0.15, -0.1) is 0 Å². The molecule has 0 aliphatic rings. The SMILES string of the molecule is O=C(O)c1ccccc1S(=O)(=O)c1ccccc1C(=O)O.[Mg+2]. The van der Waals surface area contributed by atoms with Gasteiger partial charge in [-0.05, 0) is 24.3 Å². The molecule has 0 heterocycles. The number of rotatable bonds is 4. The number of carboxylic acids is 2. The van der Waals surface area contributed by atoms with E-state index in [1.165, 1.54) is 24.3 Å². The summed E-state index contributed by atoms with van der Waals surface area (Å²) >= 11 is 0. The van der Waals surface area contributed by atoms with Crippen LogP contribution in [0.1, 0.15) is 20.7 Å². The maximum Gasteiger partial charge on any atom is 2.00 e. The van der Waals surface area contributed by atoms with E-state index in [0.717, 1.165) is 24.3 Å². The van der Waals surface area contributed by atoms with Crippen LogP contribution in [0, 0.1) is 0 Å². The van der Waals surface area contributed by atoms with E-state index >= 15 is 0 Å². The Labute approximate surface area is 142 Å². The zero-order chi connectivity index (χ0) is 15.6. The summed E-state index contributed by atoms with van der Waals surface area (Å²) in [4.78, 5) is 21.4. The second-order valence-corrected chi connectivity index (χ2v) is 5.99. The van der Waals surface area contributed by atoms with Gasteiger partial charge in [0.25, 0.3) is 0 Å². The van der Waals surface area contributed by atoms with Crippen molar-refractivity contribution in [2.24, 2.45) is 0 Å². The van der Waals surface area contributed by atoms with Gasteiger partial charge in [0.15, 0.2) is 0 Å². The Morgan fingerprint density at radius 2 is 1.05 bits per heavy atom. The van der Waals surface area contributed by atoms with E-state index in [1.807, 2.05) is 0 Å². The van der Waals surface area contributed by atoms with Crippen LogP contribution in [0.25, 0.3) is 0 Å². The van der Waals surface area contributed by atoms with Crippen LogP contribution in [0.2, 0.25) is 0 Å². The third kappa shape index (κ3) is 3.29. The van der Waals surface area contributed by atoms with Gasteiger partial charge in [0.05, 0.1) is 20.9 Å². The summed E-state index contributed by atoms with van der Waals surface area (Å²) in [6, 6.07) is 10.1. The Kier molecular flexibility index (Phi) is 5.69. The largest absolute Gasteiger partial charge is 2.00 e. The fraction of sp³-hybridized carbons (Fsp3) is 0. The summed E-state index contributed by atoms with van der Waals surface area (Å²) in [6.07, 6.45) is 0. The zero-order valence-electron chi connectivity index (χ0n) is 11.3. The summed E-state index contributed by atoms with van der Waals surface area (Å²) in [6.45, 7) is 0. The smallest absolute Gasteiger partial charge is 0.478 e. The molecule has 2 aromatic carbocycles. The van der Waals surface area contributed by atoms with Crippen molar-refractivity contribution in [2.45, 2.75) is 9.79 Å². The normalized spacial score (nSPS) is 10.5. The maximum atomic E-state index is 12.6. The van der Waals surface area contributed by atoms with E-state index in [1.54, 1.807) is 0 Å². The molecule has 0 saturated heterocycles. The molecular formula is C14H10MgO6S+2. The molecular weight excluding hydrogens is 321 g/mol. The van der Waals surface area contributed by atoms with Crippen LogP contribution in [0.15, 0.2) is 58.3 Å². The fourth-order valence-electron chi connectivity index (χ4n) is 1.87. The van der Waals surface area contributed by atoms with Crippen LogP contribution >= 0.6 is 0 Å². The number of carbonyl (C=O) groups is 2. The Balaban J connectivity index is 0.00000242. The molecule has 0 fully saturated rings. The average molecular weight is 331 g/mol. The Hall–Kier alpha value is -1.90. The monoisotopic (exact) mass is 330 g/mol. The van der Waals surface area contributed by atoms with Crippen molar-refractivity contribution >= 4 is 44.8 Å². The molecule has 0 amide bonds. The minimum absolute atomic E-state index is 0. The van der Waals surface area contributed by atoms with Crippen molar-refractivity contribution in [2.75, 3.05) is 0 Å². The van der Waals surface area contributed by atoms with Crippen LogP contribution in [0.5, 0.6) is 0 Å². The summed E-state index contributed by atoms with van der Waals surface area (Å²) in [5.74, 6) is -2.80. The molecule has 2 aromatic rings. The standard InChI is InChI=1S/C14H10O6S.Mg/c15-13(16)9-5-1-3-7-11(9)21(19,20)12-8-4-2-6-10(12)14(17)18;/h1-8H,(H,15,16)(H,17,18);/q;+2. The molecule has 0 aromatic heterocycles. The van der Waals surface area contributed by atoms with Crippen molar-refractivity contribution in [1.82, 2.24) is 0 Å². The molecule has 0 radical (unpaired) electrons. The van der Waals surface area contributed by atoms with Gasteiger partial charge in [-0.25, -0.2) is 18.0 Å². The number of sulfone groups is 1. The topological polar surface area (TPSA) is 109 Å². The summed E-state index contributed by atoms with van der Waals surface area (Å²) < 4.78 is 25.1. The van der Waals surface area contributed by atoms with Gasteiger partial charge in [-0.2, -0.15) is 0 Å². The average Bonchev–Trinajstić information content (AvgIpc) is 2.47. The van der Waals surface area contributed by atoms with Crippen LogP contribution in [0.3, 0.4) is 0 Å². The van der Waals surface area contributed by atoms with Crippen LogP contribution < -0.4 is 0 Å². The van der Waals surface area contributed by atoms with Crippen molar-refractivity contribution in [3.05, 3.63) is 59.7 Å². The number of hydrogen-bond donors (Lipinski definition) is 2. The first kappa shape index (κ1) is 18.1. The molecule has 108 valence electrons. The Bertz CT molecular complexity index is 765. The quantitative estimate of drug-likeness (QED) is 0.823. The molecule has 8 heteroatoms. The molecule has 0 bridgehead atoms. The van der Waals surface area contributed by atoms with Crippen molar-refractivity contribution in [3.8, 4) is 0 Å². The first-order valence-corrected chi connectivity index (χ1v) is 7.23. The Morgan fingerprint density at radius 1 is 0.727 bits per heavy atom. The summed E-state index contributed by atoms with van der Waals surface area (Å²) in [5, 5.41) is 18.1. The zero-order valence-corrected chi connectivity index (χ0v) is 13.5. The molecule has 0 aliphatic carbocycles. The van der Waals surface area contributed by atoms with E-state index in [4.69, 9.17) is 10.2 Å². The number of hydrogen-bond acceptors (Lipinski definition) is 4. The molecule has 0 saturated carbocycles. The van der Waals surface area contributed by atoms with Gasteiger partial charge >= 0.3 is 35.0 Å². The predicted octanol–water partition coefficient (Wildman–Crippen LogP) is 1.54. The maximum absolute atomic E-state index is 12.6. The summed E-state index contributed by atoms with van der Waals surface area (Å²) in [5.41, 5.74) is -0.810. The van der Waals surface area contributed by atoms with Crippen LogP contribution in [-0.2, 0) is 9.84 Å². The van der Waals surface area contributed by atoms with Gasteiger partial charge < -0.3 is 10.2 Å². The molecule has 6 nitrogen and oxygen atoms in total. The first-order valence-electron chi connectivity index (χ1n) is 5.75. The molecule has 0 spiro atoms. The first-order chi connectivity index (χ1) is 9.85. The third-order valence-corrected chi connectivity index (χ3v) is 4.68. The minimum atomic E-state index is -4.25. The fourth-order valence-corrected chi connectivity index (χ4v) is 3.52. The third-order valence-electron chi connectivity index (χ3n) is 2.81. The predicted molar refractivity (Wildman–Crippen MR) is 78.0 cm³/mol. The molecule has 0 atom stereocenters. The Morgan fingerprint density at radius 3 is 1.36 bits per heavy atom. The number of carboxylic acid groups (broad SMARTS) is 2. The van der Waals surface area contributed by atoms with Crippen LogP contribution in [0.4, 0.5) is 0 Å². The molecule has 22 heavy (non-hydrogen) atoms. The van der Waals surface area contributed by atoms with E-state index in [-0.39, 0.29) is 23.1 Å². The van der Waals surface area contributed by atoms with E-state index in [9.17, 15) is 18.0 Å². The molecule has 0 unspecified atom stereocenters. The second kappa shape index (κ2) is 6.90. The molecule has 2 N–H and O–H groups in total. The van der Waals surface area contributed by atoms with Crippen molar-refractivity contribution in [3.63, 3.8) is 0 Å². The number of aromatic carboxylic acids is 2. The van der Waals surface area contributed by atoms with Crippen LogP contribution in [-0.4, -0.2) is 53.6 Å².